The molecule has 0 saturated carbocycles. The first-order valence-electron chi connectivity index (χ1n) is 17.5. The van der Waals surface area contributed by atoms with Crippen molar-refractivity contribution in [2.75, 3.05) is 0 Å². The minimum atomic E-state index is -0.612. The van der Waals surface area contributed by atoms with Crippen LogP contribution in [-0.2, 0) is 9.53 Å². The number of rotatable bonds is 29. The van der Waals surface area contributed by atoms with E-state index < -0.39 is 18.3 Å². The Labute approximate surface area is 252 Å². The fraction of sp³-hybridized carbons (Fsp3) is 0.914. The van der Waals surface area contributed by atoms with Crippen LogP contribution in [0.5, 0.6) is 0 Å². The summed E-state index contributed by atoms with van der Waals surface area (Å²) in [6, 6.07) is 0. The molecule has 6 nitrogen and oxygen atoms in total. The van der Waals surface area contributed by atoms with Crippen LogP contribution in [0.25, 0.3) is 0 Å². The summed E-state index contributed by atoms with van der Waals surface area (Å²) >= 11 is 0. The molecule has 6 heteroatoms. The molecule has 0 radical (unpaired) electrons. The summed E-state index contributed by atoms with van der Waals surface area (Å²) in [5.41, 5.74) is 0.584. The second kappa shape index (κ2) is 25.5. The fourth-order valence-corrected chi connectivity index (χ4v) is 5.88. The first kappa shape index (κ1) is 38.1. The fourth-order valence-electron chi connectivity index (χ4n) is 5.88. The number of unbranched alkanes of at least 4 members (excludes halogenated alkanes) is 16. The maximum Gasteiger partial charge on any atom is 0.334 e. The van der Waals surface area contributed by atoms with Crippen molar-refractivity contribution in [3.05, 3.63) is 11.6 Å². The second-order valence-electron chi connectivity index (χ2n) is 12.8. The number of hydrogen-bond donors (Lipinski definition) is 4. The quantitative estimate of drug-likeness (QED) is 0.0525. The van der Waals surface area contributed by atoms with E-state index in [1.165, 1.54) is 64.2 Å². The van der Waals surface area contributed by atoms with E-state index in [0.717, 1.165) is 70.6 Å². The van der Waals surface area contributed by atoms with Crippen molar-refractivity contribution in [1.29, 1.82) is 0 Å². The van der Waals surface area contributed by atoms with Gasteiger partial charge in [0, 0.05) is 12.0 Å². The maximum atomic E-state index is 11.6. The van der Waals surface area contributed by atoms with Gasteiger partial charge in [0.2, 0.25) is 0 Å². The highest BCUT2D eigenvalue weighted by atomic mass is 16.5. The Bertz CT molecular complexity index is 651. The molecule has 4 N–H and O–H groups in total. The molecule has 41 heavy (non-hydrogen) atoms. The van der Waals surface area contributed by atoms with Gasteiger partial charge in [-0.05, 0) is 45.1 Å². The molecule has 1 aliphatic heterocycles. The van der Waals surface area contributed by atoms with E-state index in [1.54, 1.807) is 6.08 Å². The molecular weight excluding hydrogens is 516 g/mol. The molecule has 0 aromatic carbocycles. The smallest absolute Gasteiger partial charge is 0.334 e. The predicted octanol–water partition coefficient (Wildman–Crippen LogP) is 8.07. The molecule has 1 aliphatic rings. The van der Waals surface area contributed by atoms with E-state index in [2.05, 4.69) is 6.92 Å². The third-order valence-corrected chi connectivity index (χ3v) is 8.61. The van der Waals surface area contributed by atoms with Gasteiger partial charge in [0.1, 0.15) is 6.10 Å². The molecule has 0 aliphatic carbocycles. The Kier molecular flexibility index (Phi) is 23.7. The van der Waals surface area contributed by atoms with E-state index >= 15 is 0 Å². The van der Waals surface area contributed by atoms with Crippen molar-refractivity contribution in [3.63, 3.8) is 0 Å². The highest BCUT2D eigenvalue weighted by molar-refractivity contribution is 5.90. The predicted molar refractivity (Wildman–Crippen MR) is 169 cm³/mol. The van der Waals surface area contributed by atoms with Crippen LogP contribution in [0.4, 0.5) is 0 Å². The van der Waals surface area contributed by atoms with Crippen molar-refractivity contribution in [3.8, 4) is 0 Å². The van der Waals surface area contributed by atoms with E-state index in [0.29, 0.717) is 31.3 Å². The lowest BCUT2D eigenvalue weighted by Gasteiger charge is -2.17. The minimum Gasteiger partial charge on any atom is -0.455 e. The average molecular weight is 583 g/mol. The summed E-state index contributed by atoms with van der Waals surface area (Å²) in [5.74, 6) is -0.307. The number of aliphatic hydroxyl groups excluding tert-OH is 4. The lowest BCUT2D eigenvalue weighted by molar-refractivity contribution is -0.139. The number of hydrogen-bond acceptors (Lipinski definition) is 6. The standard InChI is InChI=1S/C35H66O6/c1-3-4-5-6-7-8-9-10-11-12-13-20-25-33(38)34(39)26-21-15-14-17-22-31(36)23-18-16-19-24-32(37)28-30-27-29(2)41-35(30)40/h27,29,31-34,36-39H,3-26,28H2,1-2H3/t29-,31-,32+,33-,34-/m0/s1. The summed E-state index contributed by atoms with van der Waals surface area (Å²) in [5, 5.41) is 41.0. The maximum absolute atomic E-state index is 11.6. The van der Waals surface area contributed by atoms with Crippen molar-refractivity contribution in [2.24, 2.45) is 0 Å². The molecule has 0 aromatic heterocycles. The monoisotopic (exact) mass is 582 g/mol. The number of ether oxygens (including phenoxy) is 1. The summed E-state index contributed by atoms with van der Waals surface area (Å²) in [6.45, 7) is 4.08. The van der Waals surface area contributed by atoms with Crippen LogP contribution < -0.4 is 0 Å². The third-order valence-electron chi connectivity index (χ3n) is 8.61. The number of esters is 1. The van der Waals surface area contributed by atoms with Gasteiger partial charge >= 0.3 is 5.97 Å². The van der Waals surface area contributed by atoms with Crippen LogP contribution in [-0.4, -0.2) is 56.9 Å². The number of aliphatic hydroxyl groups is 4. The molecule has 0 saturated heterocycles. The lowest BCUT2D eigenvalue weighted by atomic mass is 9.98. The molecule has 1 heterocycles. The van der Waals surface area contributed by atoms with Crippen LogP contribution in [0.1, 0.15) is 174 Å². The average Bonchev–Trinajstić information content (AvgIpc) is 3.26. The first-order chi connectivity index (χ1) is 19.8. The topological polar surface area (TPSA) is 107 Å². The SMILES string of the molecule is CCCCCCCCCCCCCC[C@H](O)[C@@H](O)CCCCCC[C@H](O)CCCCC[C@@H](O)CC1=C[C@H](C)OC1=O. The Morgan fingerprint density at radius 3 is 1.37 bits per heavy atom. The molecule has 0 fully saturated rings. The Balaban J connectivity index is 1.87. The van der Waals surface area contributed by atoms with Gasteiger partial charge in [-0.25, -0.2) is 4.79 Å². The van der Waals surface area contributed by atoms with Crippen LogP contribution in [0.2, 0.25) is 0 Å². The third kappa shape index (κ3) is 21.4. The molecule has 5 atom stereocenters. The zero-order valence-corrected chi connectivity index (χ0v) is 26.7. The summed E-state index contributed by atoms with van der Waals surface area (Å²) in [4.78, 5) is 11.6. The van der Waals surface area contributed by atoms with E-state index in [9.17, 15) is 25.2 Å². The highest BCUT2D eigenvalue weighted by Gasteiger charge is 2.24. The first-order valence-corrected chi connectivity index (χ1v) is 17.5. The number of carbonyl (C=O) groups is 1. The Morgan fingerprint density at radius 1 is 0.585 bits per heavy atom. The molecular formula is C35H66O6. The van der Waals surface area contributed by atoms with Gasteiger partial charge in [0.25, 0.3) is 0 Å². The van der Waals surface area contributed by atoms with Gasteiger partial charge in [0.15, 0.2) is 0 Å². The minimum absolute atomic E-state index is 0.190. The number of carbonyl (C=O) groups excluding carboxylic acids is 1. The van der Waals surface area contributed by atoms with Crippen LogP contribution >= 0.6 is 0 Å². The van der Waals surface area contributed by atoms with Gasteiger partial charge in [-0.2, -0.15) is 0 Å². The molecule has 0 spiro atoms. The summed E-state index contributed by atoms with van der Waals surface area (Å²) in [6.07, 6.45) is 26.0. The molecule has 0 aromatic rings. The van der Waals surface area contributed by atoms with Crippen molar-refractivity contribution < 1.29 is 30.0 Å². The van der Waals surface area contributed by atoms with Gasteiger partial charge in [-0.3, -0.25) is 0 Å². The van der Waals surface area contributed by atoms with Crippen molar-refractivity contribution in [2.45, 2.75) is 205 Å². The second-order valence-corrected chi connectivity index (χ2v) is 12.8. The molecule has 0 amide bonds. The van der Waals surface area contributed by atoms with Crippen LogP contribution in [0, 0.1) is 0 Å². The zero-order chi connectivity index (χ0) is 30.1. The highest BCUT2D eigenvalue weighted by Crippen LogP contribution is 2.21. The Morgan fingerprint density at radius 2 is 0.951 bits per heavy atom. The lowest BCUT2D eigenvalue weighted by Crippen LogP contribution is -2.25. The van der Waals surface area contributed by atoms with Gasteiger partial charge < -0.3 is 25.2 Å². The van der Waals surface area contributed by atoms with Crippen molar-refractivity contribution in [1.82, 2.24) is 0 Å². The number of cyclic esters (lactones) is 1. The van der Waals surface area contributed by atoms with Gasteiger partial charge in [0.05, 0.1) is 24.4 Å². The summed E-state index contributed by atoms with van der Waals surface area (Å²) < 4.78 is 5.06. The molecule has 0 unspecified atom stereocenters. The van der Waals surface area contributed by atoms with Crippen LogP contribution in [0.3, 0.4) is 0 Å². The molecule has 1 rings (SSSR count). The van der Waals surface area contributed by atoms with Gasteiger partial charge in [-0.1, -0.05) is 129 Å². The van der Waals surface area contributed by atoms with Crippen LogP contribution in [0.15, 0.2) is 11.6 Å². The van der Waals surface area contributed by atoms with E-state index in [1.807, 2.05) is 6.92 Å². The zero-order valence-electron chi connectivity index (χ0n) is 26.7. The largest absolute Gasteiger partial charge is 0.455 e. The molecule has 242 valence electrons. The summed E-state index contributed by atoms with van der Waals surface area (Å²) in [7, 11) is 0. The normalized spacial score (nSPS) is 18.2. The Hall–Kier alpha value is -0.950. The van der Waals surface area contributed by atoms with E-state index in [4.69, 9.17) is 4.74 Å². The van der Waals surface area contributed by atoms with Crippen molar-refractivity contribution >= 4 is 5.97 Å². The molecule has 0 bridgehead atoms. The van der Waals surface area contributed by atoms with Gasteiger partial charge in [-0.15, -0.1) is 0 Å². The van der Waals surface area contributed by atoms with E-state index in [-0.39, 0.29) is 18.2 Å².